The molecule has 1 heterocycles. The Labute approximate surface area is 109 Å². The topological polar surface area (TPSA) is 64.4 Å². The van der Waals surface area contributed by atoms with Crippen LogP contribution in [0.15, 0.2) is 22.7 Å². The number of ether oxygens (including phenoxy) is 1. The van der Waals surface area contributed by atoms with Gasteiger partial charge in [0.25, 0.3) is 5.91 Å². The number of nitrogens with one attached hydrogen (secondary N) is 1. The summed E-state index contributed by atoms with van der Waals surface area (Å²) in [6.07, 6.45) is 0. The number of aromatic nitrogens is 1. The fourth-order valence-corrected chi connectivity index (χ4v) is 1.51. The van der Waals surface area contributed by atoms with Gasteiger partial charge in [0.2, 0.25) is 5.88 Å². The second-order valence-corrected chi connectivity index (χ2v) is 4.02. The summed E-state index contributed by atoms with van der Waals surface area (Å²) >= 11 is 0. The van der Waals surface area contributed by atoms with E-state index in [9.17, 15) is 9.18 Å². The molecule has 0 bridgehead atoms. The Morgan fingerprint density at radius 1 is 1.42 bits per heavy atom. The largest absolute Gasteiger partial charge is 0.497 e. The van der Waals surface area contributed by atoms with E-state index in [0.717, 1.165) is 6.07 Å². The average Bonchev–Trinajstić information content (AvgIpc) is 2.70. The second-order valence-electron chi connectivity index (χ2n) is 4.02. The molecule has 2 rings (SSSR count). The van der Waals surface area contributed by atoms with E-state index in [-0.39, 0.29) is 11.4 Å². The molecule has 1 aromatic heterocycles. The summed E-state index contributed by atoms with van der Waals surface area (Å²) < 4.78 is 23.5. The van der Waals surface area contributed by atoms with Gasteiger partial charge in [0, 0.05) is 11.6 Å². The maximum absolute atomic E-state index is 13.7. The van der Waals surface area contributed by atoms with Crippen LogP contribution in [0.1, 0.15) is 21.6 Å². The van der Waals surface area contributed by atoms with Gasteiger partial charge in [-0.15, -0.1) is 0 Å². The summed E-state index contributed by atoms with van der Waals surface area (Å²) in [6.45, 7) is 3.51. The minimum absolute atomic E-state index is 0.0887. The molecule has 0 aliphatic rings. The summed E-state index contributed by atoms with van der Waals surface area (Å²) in [7, 11) is 1.43. The van der Waals surface area contributed by atoms with E-state index in [4.69, 9.17) is 9.26 Å². The number of nitrogens with zero attached hydrogens (tertiary/aromatic N) is 1. The Hall–Kier alpha value is -2.37. The molecule has 0 radical (unpaired) electrons. The number of carbonyl (C=O) groups excluding carboxylic acids is 1. The molecule has 19 heavy (non-hydrogen) atoms. The van der Waals surface area contributed by atoms with Gasteiger partial charge in [-0.25, -0.2) is 4.39 Å². The fraction of sp³-hybridized carbons (Fsp3) is 0.231. The molecular formula is C13H13FN2O3. The van der Waals surface area contributed by atoms with Crippen LogP contribution in [0.5, 0.6) is 5.75 Å². The first-order chi connectivity index (χ1) is 9.02. The quantitative estimate of drug-likeness (QED) is 0.925. The Morgan fingerprint density at radius 2 is 2.16 bits per heavy atom. The highest BCUT2D eigenvalue weighted by atomic mass is 19.1. The number of aryl methyl sites for hydroxylation is 1. The molecule has 0 atom stereocenters. The van der Waals surface area contributed by atoms with Crippen molar-refractivity contribution in [3.8, 4) is 5.75 Å². The number of carbonyl (C=O) groups is 1. The first kappa shape index (κ1) is 13.1. The van der Waals surface area contributed by atoms with Crippen molar-refractivity contribution in [3.63, 3.8) is 0 Å². The molecule has 1 aromatic carbocycles. The molecule has 0 saturated heterocycles. The molecule has 5 nitrogen and oxygen atoms in total. The number of hydrogen-bond donors (Lipinski definition) is 1. The van der Waals surface area contributed by atoms with Crippen LogP contribution in [0.25, 0.3) is 0 Å². The molecule has 1 N–H and O–H groups in total. The van der Waals surface area contributed by atoms with Gasteiger partial charge in [-0.1, -0.05) is 5.16 Å². The van der Waals surface area contributed by atoms with Gasteiger partial charge in [-0.3, -0.25) is 10.1 Å². The molecule has 0 aliphatic carbocycles. The maximum atomic E-state index is 13.7. The predicted molar refractivity (Wildman–Crippen MR) is 66.9 cm³/mol. The molecule has 2 aromatic rings. The Bertz CT molecular complexity index is 622. The molecule has 1 amide bonds. The summed E-state index contributed by atoms with van der Waals surface area (Å²) in [4.78, 5) is 11.9. The van der Waals surface area contributed by atoms with E-state index in [1.807, 2.05) is 0 Å². The highest BCUT2D eigenvalue weighted by Crippen LogP contribution is 2.20. The standard InChI is InChI=1S/C13H13FN2O3/c1-7-8(2)16-19-13(7)15-12(17)10-5-4-9(18-3)6-11(10)14/h4-6H,1-3H3,(H,15,17). The van der Waals surface area contributed by atoms with Gasteiger partial charge in [0.15, 0.2) is 0 Å². The summed E-state index contributed by atoms with van der Waals surface area (Å²) in [6, 6.07) is 4.01. The lowest BCUT2D eigenvalue weighted by molar-refractivity contribution is 0.102. The minimum atomic E-state index is -0.661. The number of anilines is 1. The lowest BCUT2D eigenvalue weighted by Gasteiger charge is -2.05. The SMILES string of the molecule is COc1ccc(C(=O)Nc2onc(C)c2C)c(F)c1. The molecule has 0 aliphatic heterocycles. The van der Waals surface area contributed by atoms with Crippen molar-refractivity contribution in [2.75, 3.05) is 12.4 Å². The zero-order valence-corrected chi connectivity index (χ0v) is 10.8. The van der Waals surface area contributed by atoms with E-state index in [1.165, 1.54) is 19.2 Å². The van der Waals surface area contributed by atoms with Gasteiger partial charge in [-0.2, -0.15) is 0 Å². The van der Waals surface area contributed by atoms with Crippen molar-refractivity contribution < 1.29 is 18.4 Å². The third-order valence-corrected chi connectivity index (χ3v) is 2.81. The van der Waals surface area contributed by atoms with Gasteiger partial charge >= 0.3 is 0 Å². The zero-order chi connectivity index (χ0) is 14.0. The fourth-order valence-electron chi connectivity index (χ4n) is 1.51. The lowest BCUT2D eigenvalue weighted by Crippen LogP contribution is -2.14. The van der Waals surface area contributed by atoms with Crippen LogP contribution >= 0.6 is 0 Å². The predicted octanol–water partition coefficient (Wildman–Crippen LogP) is 2.69. The first-order valence-corrected chi connectivity index (χ1v) is 5.60. The van der Waals surface area contributed by atoms with Crippen LogP contribution < -0.4 is 10.1 Å². The van der Waals surface area contributed by atoms with Crippen LogP contribution in [-0.4, -0.2) is 18.2 Å². The Kier molecular flexibility index (Phi) is 3.50. The Morgan fingerprint density at radius 3 is 2.68 bits per heavy atom. The van der Waals surface area contributed by atoms with Crippen LogP contribution in [-0.2, 0) is 0 Å². The van der Waals surface area contributed by atoms with Gasteiger partial charge in [0.05, 0.1) is 18.4 Å². The summed E-state index contributed by atoms with van der Waals surface area (Å²) in [5.41, 5.74) is 1.29. The van der Waals surface area contributed by atoms with Crippen LogP contribution in [0, 0.1) is 19.7 Å². The van der Waals surface area contributed by atoms with E-state index in [2.05, 4.69) is 10.5 Å². The smallest absolute Gasteiger partial charge is 0.261 e. The minimum Gasteiger partial charge on any atom is -0.497 e. The molecule has 0 fully saturated rings. The molecule has 100 valence electrons. The number of methoxy groups -OCH3 is 1. The van der Waals surface area contributed by atoms with Crippen molar-refractivity contribution in [1.29, 1.82) is 0 Å². The molecule has 6 heteroatoms. The van der Waals surface area contributed by atoms with E-state index in [0.29, 0.717) is 17.0 Å². The van der Waals surface area contributed by atoms with Crippen molar-refractivity contribution >= 4 is 11.8 Å². The number of benzene rings is 1. The van der Waals surface area contributed by atoms with Crippen molar-refractivity contribution in [2.45, 2.75) is 13.8 Å². The van der Waals surface area contributed by atoms with Crippen molar-refractivity contribution in [1.82, 2.24) is 5.16 Å². The molecule has 0 unspecified atom stereocenters. The van der Waals surface area contributed by atoms with E-state index >= 15 is 0 Å². The number of amides is 1. The highest BCUT2D eigenvalue weighted by molar-refractivity contribution is 6.04. The Balaban J connectivity index is 2.23. The summed E-state index contributed by atoms with van der Waals surface area (Å²) in [5, 5.41) is 6.19. The van der Waals surface area contributed by atoms with Crippen molar-refractivity contribution in [2.24, 2.45) is 0 Å². The molecule has 0 spiro atoms. The average molecular weight is 264 g/mol. The third-order valence-electron chi connectivity index (χ3n) is 2.81. The van der Waals surface area contributed by atoms with Crippen LogP contribution in [0.2, 0.25) is 0 Å². The molecular weight excluding hydrogens is 251 g/mol. The number of halogens is 1. The van der Waals surface area contributed by atoms with Gasteiger partial charge < -0.3 is 9.26 Å². The third kappa shape index (κ3) is 2.57. The normalized spacial score (nSPS) is 10.3. The van der Waals surface area contributed by atoms with Gasteiger partial charge in [0.1, 0.15) is 11.6 Å². The summed E-state index contributed by atoms with van der Waals surface area (Å²) in [5.74, 6) is -0.691. The van der Waals surface area contributed by atoms with Gasteiger partial charge in [-0.05, 0) is 26.0 Å². The maximum Gasteiger partial charge on any atom is 0.261 e. The highest BCUT2D eigenvalue weighted by Gasteiger charge is 2.16. The van der Waals surface area contributed by atoms with Crippen LogP contribution in [0.4, 0.5) is 10.3 Å². The molecule has 0 saturated carbocycles. The number of hydrogen-bond acceptors (Lipinski definition) is 4. The van der Waals surface area contributed by atoms with E-state index in [1.54, 1.807) is 13.8 Å². The van der Waals surface area contributed by atoms with Crippen molar-refractivity contribution in [3.05, 3.63) is 40.8 Å². The van der Waals surface area contributed by atoms with Crippen LogP contribution in [0.3, 0.4) is 0 Å². The second kappa shape index (κ2) is 5.09. The number of rotatable bonds is 3. The lowest BCUT2D eigenvalue weighted by atomic mass is 10.2. The zero-order valence-electron chi connectivity index (χ0n) is 10.8. The monoisotopic (exact) mass is 264 g/mol. The van der Waals surface area contributed by atoms with E-state index < -0.39 is 11.7 Å². The first-order valence-electron chi connectivity index (χ1n) is 5.60.